The van der Waals surface area contributed by atoms with Crippen molar-refractivity contribution in [1.29, 1.82) is 0 Å². The van der Waals surface area contributed by atoms with Gasteiger partial charge in [0, 0.05) is 24.1 Å². The summed E-state index contributed by atoms with van der Waals surface area (Å²) in [5, 5.41) is 13.5. The van der Waals surface area contributed by atoms with Gasteiger partial charge in [0.2, 0.25) is 5.91 Å². The normalized spacial score (nSPS) is 11.5. The molecule has 1 atom stereocenters. The van der Waals surface area contributed by atoms with Gasteiger partial charge in [0.1, 0.15) is 17.7 Å². The predicted molar refractivity (Wildman–Crippen MR) is 90.8 cm³/mol. The fourth-order valence-electron chi connectivity index (χ4n) is 2.56. The topological polar surface area (TPSA) is 98.5 Å². The Balaban J connectivity index is 2.16. The molecule has 0 saturated carbocycles. The van der Waals surface area contributed by atoms with Crippen LogP contribution in [0.5, 0.6) is 0 Å². The highest BCUT2D eigenvalue weighted by Crippen LogP contribution is 2.19. The molecule has 1 amide bonds. The van der Waals surface area contributed by atoms with Crippen LogP contribution in [0, 0.1) is 21.7 Å². The molecule has 142 valence electrons. The quantitative estimate of drug-likeness (QED) is 0.453. The standard InChI is InChI=1S/C18H16F2N2O5/c1-27-18(24)15(9-12-4-2-3-5-16(12)22(25)26)21-17(23)8-11-6-13(19)10-14(20)7-11/h2-7,10,15H,8-9H2,1H3,(H,21,23)/t15-/m1/s1. The van der Waals surface area contributed by atoms with E-state index in [2.05, 4.69) is 10.1 Å². The monoisotopic (exact) mass is 378 g/mol. The molecule has 0 saturated heterocycles. The summed E-state index contributed by atoms with van der Waals surface area (Å²) >= 11 is 0. The zero-order valence-corrected chi connectivity index (χ0v) is 14.3. The van der Waals surface area contributed by atoms with Crippen LogP contribution in [0.2, 0.25) is 0 Å². The van der Waals surface area contributed by atoms with Gasteiger partial charge in [-0.25, -0.2) is 13.6 Å². The van der Waals surface area contributed by atoms with E-state index in [1.807, 2.05) is 0 Å². The Labute approximate surface area is 153 Å². The zero-order valence-electron chi connectivity index (χ0n) is 14.3. The number of carbonyl (C=O) groups is 2. The number of methoxy groups -OCH3 is 1. The molecule has 0 aliphatic carbocycles. The molecule has 9 heteroatoms. The SMILES string of the molecule is COC(=O)[C@@H](Cc1ccccc1[N+](=O)[O-])NC(=O)Cc1cc(F)cc(F)c1. The summed E-state index contributed by atoms with van der Waals surface area (Å²) in [6.07, 6.45) is -0.549. The molecule has 27 heavy (non-hydrogen) atoms. The molecule has 0 spiro atoms. The molecule has 7 nitrogen and oxygen atoms in total. The molecule has 2 aromatic rings. The van der Waals surface area contributed by atoms with Crippen molar-refractivity contribution in [2.24, 2.45) is 0 Å². The smallest absolute Gasteiger partial charge is 0.328 e. The number of nitrogens with zero attached hydrogens (tertiary/aromatic N) is 1. The van der Waals surface area contributed by atoms with E-state index in [4.69, 9.17) is 0 Å². The van der Waals surface area contributed by atoms with Gasteiger partial charge in [0.25, 0.3) is 5.69 Å². The number of hydrogen-bond donors (Lipinski definition) is 1. The van der Waals surface area contributed by atoms with Gasteiger partial charge in [-0.3, -0.25) is 14.9 Å². The van der Waals surface area contributed by atoms with Gasteiger partial charge in [0.15, 0.2) is 0 Å². The Kier molecular flexibility index (Phi) is 6.53. The molecule has 0 aliphatic rings. The van der Waals surface area contributed by atoms with Crippen LogP contribution in [-0.2, 0) is 27.2 Å². The summed E-state index contributed by atoms with van der Waals surface area (Å²) in [7, 11) is 1.11. The highest BCUT2D eigenvalue weighted by molar-refractivity contribution is 5.86. The second-order valence-corrected chi connectivity index (χ2v) is 5.69. The van der Waals surface area contributed by atoms with E-state index in [0.29, 0.717) is 6.07 Å². The Morgan fingerprint density at radius 2 is 1.81 bits per heavy atom. The summed E-state index contributed by atoms with van der Waals surface area (Å²) in [5.74, 6) is -3.15. The third-order valence-corrected chi connectivity index (χ3v) is 3.72. The Morgan fingerprint density at radius 1 is 1.19 bits per heavy atom. The lowest BCUT2D eigenvalue weighted by molar-refractivity contribution is -0.385. The first kappa shape index (κ1) is 20.0. The number of ether oxygens (including phenoxy) is 1. The Hall–Kier alpha value is -3.36. The zero-order chi connectivity index (χ0) is 20.0. The number of para-hydroxylation sites is 1. The van der Waals surface area contributed by atoms with Crippen LogP contribution < -0.4 is 5.32 Å². The van der Waals surface area contributed by atoms with Gasteiger partial charge < -0.3 is 10.1 Å². The molecule has 0 radical (unpaired) electrons. The molecular formula is C18H16F2N2O5. The van der Waals surface area contributed by atoms with Crippen molar-refractivity contribution in [2.75, 3.05) is 7.11 Å². The van der Waals surface area contributed by atoms with Gasteiger partial charge in [0.05, 0.1) is 18.5 Å². The number of nitrogens with one attached hydrogen (secondary N) is 1. The first-order valence-electron chi connectivity index (χ1n) is 7.84. The third kappa shape index (κ3) is 5.56. The lowest BCUT2D eigenvalue weighted by atomic mass is 10.0. The van der Waals surface area contributed by atoms with Crippen molar-refractivity contribution < 1.29 is 28.0 Å². The van der Waals surface area contributed by atoms with E-state index in [1.54, 1.807) is 6.07 Å². The molecule has 0 aliphatic heterocycles. The van der Waals surface area contributed by atoms with Crippen LogP contribution in [0.3, 0.4) is 0 Å². The maximum absolute atomic E-state index is 13.2. The van der Waals surface area contributed by atoms with Crippen LogP contribution in [0.4, 0.5) is 14.5 Å². The Morgan fingerprint density at radius 3 is 2.41 bits per heavy atom. The number of nitro benzene ring substituents is 1. The lowest BCUT2D eigenvalue weighted by Crippen LogP contribution is -2.43. The van der Waals surface area contributed by atoms with Gasteiger partial charge in [-0.15, -0.1) is 0 Å². The summed E-state index contributed by atoms with van der Waals surface area (Å²) in [5.41, 5.74) is 0.113. The number of rotatable bonds is 7. The van der Waals surface area contributed by atoms with Crippen molar-refractivity contribution in [3.8, 4) is 0 Å². The average Bonchev–Trinajstić information content (AvgIpc) is 2.59. The van der Waals surface area contributed by atoms with Crippen LogP contribution in [0.1, 0.15) is 11.1 Å². The van der Waals surface area contributed by atoms with E-state index in [-0.39, 0.29) is 29.7 Å². The average molecular weight is 378 g/mol. The molecule has 2 aromatic carbocycles. The van der Waals surface area contributed by atoms with E-state index in [0.717, 1.165) is 19.2 Å². The molecular weight excluding hydrogens is 362 g/mol. The number of halogens is 2. The lowest BCUT2D eigenvalue weighted by Gasteiger charge is -2.17. The summed E-state index contributed by atoms with van der Waals surface area (Å²) in [6, 6.07) is 7.26. The summed E-state index contributed by atoms with van der Waals surface area (Å²) in [6.45, 7) is 0. The maximum atomic E-state index is 13.2. The van der Waals surface area contributed by atoms with Crippen molar-refractivity contribution in [3.63, 3.8) is 0 Å². The van der Waals surface area contributed by atoms with E-state index < -0.39 is 34.5 Å². The molecule has 0 fully saturated rings. The summed E-state index contributed by atoms with van der Waals surface area (Å²) < 4.78 is 31.1. The fraction of sp³-hybridized carbons (Fsp3) is 0.222. The second-order valence-electron chi connectivity index (χ2n) is 5.69. The molecule has 0 bridgehead atoms. The number of amides is 1. The number of nitro groups is 1. The van der Waals surface area contributed by atoms with Crippen LogP contribution in [0.25, 0.3) is 0 Å². The van der Waals surface area contributed by atoms with Gasteiger partial charge in [-0.2, -0.15) is 0 Å². The van der Waals surface area contributed by atoms with Crippen LogP contribution in [-0.4, -0.2) is 30.0 Å². The van der Waals surface area contributed by atoms with E-state index in [9.17, 15) is 28.5 Å². The molecule has 0 heterocycles. The number of hydrogen-bond acceptors (Lipinski definition) is 5. The minimum atomic E-state index is -1.19. The van der Waals surface area contributed by atoms with Crippen molar-refractivity contribution in [1.82, 2.24) is 5.32 Å². The Bertz CT molecular complexity index is 852. The van der Waals surface area contributed by atoms with Crippen molar-refractivity contribution in [3.05, 3.63) is 75.3 Å². The number of esters is 1. The summed E-state index contributed by atoms with van der Waals surface area (Å²) in [4.78, 5) is 34.6. The third-order valence-electron chi connectivity index (χ3n) is 3.72. The number of carbonyl (C=O) groups excluding carboxylic acids is 2. The van der Waals surface area contributed by atoms with Crippen LogP contribution >= 0.6 is 0 Å². The van der Waals surface area contributed by atoms with Gasteiger partial charge in [-0.1, -0.05) is 18.2 Å². The first-order chi connectivity index (χ1) is 12.8. The second kappa shape index (κ2) is 8.84. The molecule has 0 aromatic heterocycles. The minimum Gasteiger partial charge on any atom is -0.467 e. The first-order valence-corrected chi connectivity index (χ1v) is 7.84. The predicted octanol–water partition coefficient (Wildman–Crippen LogP) is 2.32. The van der Waals surface area contributed by atoms with Crippen LogP contribution in [0.15, 0.2) is 42.5 Å². The highest BCUT2D eigenvalue weighted by atomic mass is 19.1. The maximum Gasteiger partial charge on any atom is 0.328 e. The van der Waals surface area contributed by atoms with Gasteiger partial charge in [-0.05, 0) is 17.7 Å². The molecule has 0 unspecified atom stereocenters. The minimum absolute atomic E-state index is 0.0827. The van der Waals surface area contributed by atoms with Crippen molar-refractivity contribution in [2.45, 2.75) is 18.9 Å². The van der Waals surface area contributed by atoms with E-state index >= 15 is 0 Å². The fourth-order valence-corrected chi connectivity index (χ4v) is 2.56. The molecule has 2 rings (SSSR count). The largest absolute Gasteiger partial charge is 0.467 e. The number of benzene rings is 2. The van der Waals surface area contributed by atoms with Crippen molar-refractivity contribution >= 4 is 17.6 Å². The molecule has 1 N–H and O–H groups in total. The van der Waals surface area contributed by atoms with Gasteiger partial charge >= 0.3 is 5.97 Å². The van der Waals surface area contributed by atoms with E-state index in [1.165, 1.54) is 18.2 Å². The highest BCUT2D eigenvalue weighted by Gasteiger charge is 2.25.